The number of hydrogen-bond donors (Lipinski definition) is 1. The van der Waals surface area contributed by atoms with Gasteiger partial charge in [0.15, 0.2) is 0 Å². The van der Waals surface area contributed by atoms with Crippen LogP contribution in [0.1, 0.15) is 12.0 Å². The van der Waals surface area contributed by atoms with Gasteiger partial charge in [0.2, 0.25) is 0 Å². The Labute approximate surface area is 84.1 Å². The van der Waals surface area contributed by atoms with E-state index in [4.69, 9.17) is 18.0 Å². The lowest BCUT2D eigenvalue weighted by Crippen LogP contribution is -2.13. The average Bonchev–Trinajstić information content (AvgIpc) is 2.13. The van der Waals surface area contributed by atoms with Gasteiger partial charge in [-0.25, -0.2) is 0 Å². The minimum absolute atomic E-state index is 0.764. The van der Waals surface area contributed by atoms with Crippen LogP contribution in [0, 0.1) is 12.3 Å². The molecule has 0 aliphatic heterocycles. The first kappa shape index (κ1) is 10.1. The molecule has 13 heavy (non-hydrogen) atoms. The van der Waals surface area contributed by atoms with Crippen LogP contribution in [-0.2, 0) is 6.54 Å². The van der Waals surface area contributed by atoms with Crippen LogP contribution in [0.3, 0.4) is 0 Å². The highest BCUT2D eigenvalue weighted by atomic mass is 35.5. The molecule has 1 aromatic rings. The van der Waals surface area contributed by atoms with Gasteiger partial charge in [0.05, 0.1) is 0 Å². The van der Waals surface area contributed by atoms with Gasteiger partial charge in [-0.05, 0) is 17.7 Å². The first-order valence-corrected chi connectivity index (χ1v) is 4.59. The first-order valence-electron chi connectivity index (χ1n) is 4.21. The molecule has 0 unspecified atom stereocenters. The summed E-state index contributed by atoms with van der Waals surface area (Å²) in [6.07, 6.45) is 5.89. The molecular weight excluding hydrogens is 182 g/mol. The van der Waals surface area contributed by atoms with E-state index in [1.807, 2.05) is 24.3 Å². The Morgan fingerprint density at radius 3 is 3.00 bits per heavy atom. The summed E-state index contributed by atoms with van der Waals surface area (Å²) in [6.45, 7) is 1.67. The van der Waals surface area contributed by atoms with Crippen molar-refractivity contribution >= 4 is 11.6 Å². The van der Waals surface area contributed by atoms with Crippen LogP contribution in [0.25, 0.3) is 0 Å². The molecule has 0 saturated heterocycles. The largest absolute Gasteiger partial charge is 0.312 e. The summed E-state index contributed by atoms with van der Waals surface area (Å²) in [7, 11) is 0. The number of terminal acetylenes is 1. The molecule has 68 valence electrons. The Morgan fingerprint density at radius 2 is 2.31 bits per heavy atom. The molecule has 0 fully saturated rings. The molecule has 0 amide bonds. The molecule has 0 bridgehead atoms. The van der Waals surface area contributed by atoms with Gasteiger partial charge in [-0.1, -0.05) is 23.7 Å². The number of rotatable bonds is 4. The molecule has 0 aliphatic carbocycles. The van der Waals surface area contributed by atoms with Gasteiger partial charge < -0.3 is 5.32 Å². The van der Waals surface area contributed by atoms with Crippen molar-refractivity contribution in [3.63, 3.8) is 0 Å². The number of nitrogens with one attached hydrogen (secondary N) is 1. The Bertz CT molecular complexity index is 301. The molecule has 2 heteroatoms. The third-order valence-electron chi connectivity index (χ3n) is 1.66. The van der Waals surface area contributed by atoms with Gasteiger partial charge >= 0.3 is 0 Å². The van der Waals surface area contributed by atoms with E-state index in [0.717, 1.165) is 24.5 Å². The summed E-state index contributed by atoms with van der Waals surface area (Å²) >= 11 is 5.82. The topological polar surface area (TPSA) is 12.0 Å². The molecule has 1 rings (SSSR count). The predicted octanol–water partition coefficient (Wildman–Crippen LogP) is 2.45. The smallest absolute Gasteiger partial charge is 0.0409 e. The van der Waals surface area contributed by atoms with E-state index in [-0.39, 0.29) is 0 Å². The summed E-state index contributed by atoms with van der Waals surface area (Å²) in [4.78, 5) is 0. The Hall–Kier alpha value is -0.970. The van der Waals surface area contributed by atoms with Gasteiger partial charge in [0.1, 0.15) is 0 Å². The van der Waals surface area contributed by atoms with E-state index < -0.39 is 0 Å². The minimum Gasteiger partial charge on any atom is -0.312 e. The van der Waals surface area contributed by atoms with E-state index >= 15 is 0 Å². The van der Waals surface area contributed by atoms with Crippen LogP contribution in [0.2, 0.25) is 5.02 Å². The zero-order valence-electron chi connectivity index (χ0n) is 7.39. The second kappa shape index (κ2) is 5.64. The highest BCUT2D eigenvalue weighted by Crippen LogP contribution is 2.09. The average molecular weight is 194 g/mol. The van der Waals surface area contributed by atoms with Crippen LogP contribution < -0.4 is 5.32 Å². The molecule has 0 spiro atoms. The highest BCUT2D eigenvalue weighted by Gasteiger charge is 1.92. The fraction of sp³-hybridized carbons (Fsp3) is 0.273. The van der Waals surface area contributed by atoms with Crippen molar-refractivity contribution in [1.82, 2.24) is 5.32 Å². The Morgan fingerprint density at radius 1 is 1.46 bits per heavy atom. The zero-order valence-corrected chi connectivity index (χ0v) is 8.14. The standard InChI is InChI=1S/C11H12ClN/c1-2-3-7-13-9-10-5-4-6-11(12)8-10/h1,4-6,8,13H,3,7,9H2. The molecule has 1 nitrogen and oxygen atoms in total. The summed E-state index contributed by atoms with van der Waals surface area (Å²) in [6, 6.07) is 7.80. The SMILES string of the molecule is C#CCCNCc1cccc(Cl)c1. The fourth-order valence-electron chi connectivity index (χ4n) is 1.04. The third-order valence-corrected chi connectivity index (χ3v) is 1.90. The minimum atomic E-state index is 0.764. The van der Waals surface area contributed by atoms with Crippen LogP contribution in [-0.4, -0.2) is 6.54 Å². The fourth-order valence-corrected chi connectivity index (χ4v) is 1.25. The molecule has 0 radical (unpaired) electrons. The van der Waals surface area contributed by atoms with E-state index in [2.05, 4.69) is 11.2 Å². The van der Waals surface area contributed by atoms with Gasteiger partial charge in [-0.15, -0.1) is 12.3 Å². The number of hydrogen-bond acceptors (Lipinski definition) is 1. The number of halogens is 1. The monoisotopic (exact) mass is 193 g/mol. The molecule has 1 N–H and O–H groups in total. The first-order chi connectivity index (χ1) is 6.33. The van der Waals surface area contributed by atoms with E-state index in [9.17, 15) is 0 Å². The lowest BCUT2D eigenvalue weighted by atomic mass is 10.2. The molecule has 1 aromatic carbocycles. The van der Waals surface area contributed by atoms with Crippen molar-refractivity contribution in [1.29, 1.82) is 0 Å². The lowest BCUT2D eigenvalue weighted by molar-refractivity contribution is 0.701. The zero-order chi connectivity index (χ0) is 9.52. The van der Waals surface area contributed by atoms with Gasteiger partial charge in [0.25, 0.3) is 0 Å². The van der Waals surface area contributed by atoms with Crippen molar-refractivity contribution in [2.45, 2.75) is 13.0 Å². The summed E-state index contributed by atoms with van der Waals surface area (Å²) in [5, 5.41) is 4.00. The molecule has 0 aliphatic rings. The highest BCUT2D eigenvalue weighted by molar-refractivity contribution is 6.30. The maximum Gasteiger partial charge on any atom is 0.0409 e. The molecular formula is C11H12ClN. The van der Waals surface area contributed by atoms with E-state index in [1.54, 1.807) is 0 Å². The van der Waals surface area contributed by atoms with Crippen molar-refractivity contribution in [3.8, 4) is 12.3 Å². The molecule has 0 saturated carbocycles. The Balaban J connectivity index is 2.33. The predicted molar refractivity (Wildman–Crippen MR) is 56.6 cm³/mol. The lowest BCUT2D eigenvalue weighted by Gasteiger charge is -2.02. The summed E-state index contributed by atoms with van der Waals surface area (Å²) in [5.41, 5.74) is 1.18. The van der Waals surface area contributed by atoms with E-state index in [1.165, 1.54) is 5.56 Å². The summed E-state index contributed by atoms with van der Waals surface area (Å²) in [5.74, 6) is 2.58. The van der Waals surface area contributed by atoms with Crippen LogP contribution in [0.4, 0.5) is 0 Å². The normalized spacial score (nSPS) is 9.54. The van der Waals surface area contributed by atoms with Gasteiger partial charge in [0, 0.05) is 24.5 Å². The van der Waals surface area contributed by atoms with Crippen molar-refractivity contribution in [3.05, 3.63) is 34.9 Å². The quantitative estimate of drug-likeness (QED) is 0.572. The van der Waals surface area contributed by atoms with Crippen LogP contribution in [0.5, 0.6) is 0 Å². The van der Waals surface area contributed by atoms with E-state index in [0.29, 0.717) is 0 Å². The molecule has 0 atom stereocenters. The van der Waals surface area contributed by atoms with Gasteiger partial charge in [-0.3, -0.25) is 0 Å². The second-order valence-corrected chi connectivity index (χ2v) is 3.20. The molecule has 0 aromatic heterocycles. The molecule has 0 heterocycles. The van der Waals surface area contributed by atoms with Crippen molar-refractivity contribution < 1.29 is 0 Å². The van der Waals surface area contributed by atoms with Crippen molar-refractivity contribution in [2.75, 3.05) is 6.54 Å². The van der Waals surface area contributed by atoms with Crippen LogP contribution >= 0.6 is 11.6 Å². The van der Waals surface area contributed by atoms with Crippen molar-refractivity contribution in [2.24, 2.45) is 0 Å². The summed E-state index contributed by atoms with van der Waals surface area (Å²) < 4.78 is 0. The Kier molecular flexibility index (Phi) is 4.39. The van der Waals surface area contributed by atoms with Crippen LogP contribution in [0.15, 0.2) is 24.3 Å². The third kappa shape index (κ3) is 3.98. The maximum absolute atomic E-state index is 5.82. The maximum atomic E-state index is 5.82. The second-order valence-electron chi connectivity index (χ2n) is 2.76. The number of benzene rings is 1. The van der Waals surface area contributed by atoms with Gasteiger partial charge in [-0.2, -0.15) is 0 Å².